The lowest BCUT2D eigenvalue weighted by Crippen LogP contribution is -2.24. The van der Waals surface area contributed by atoms with Gasteiger partial charge in [-0.1, -0.05) is 13.8 Å². The first-order valence-corrected chi connectivity index (χ1v) is 6.19. The molecular weight excluding hydrogens is 228 g/mol. The minimum absolute atomic E-state index is 0.0965. The predicted octanol–water partition coefficient (Wildman–Crippen LogP) is 1.80. The van der Waals surface area contributed by atoms with Gasteiger partial charge in [0.25, 0.3) is 0 Å². The fraction of sp³-hybridized carbons (Fsp3) is 0.615. The number of hydrogen-bond donors (Lipinski definition) is 1. The normalized spacial score (nSPS) is 10.6. The van der Waals surface area contributed by atoms with E-state index >= 15 is 0 Å². The van der Waals surface area contributed by atoms with E-state index in [1.165, 1.54) is 0 Å². The molecule has 0 aliphatic heterocycles. The maximum Gasteiger partial charge on any atom is 0.223 e. The molecule has 0 aliphatic rings. The van der Waals surface area contributed by atoms with Crippen LogP contribution in [0.5, 0.6) is 0 Å². The summed E-state index contributed by atoms with van der Waals surface area (Å²) < 4.78 is 0. The zero-order valence-corrected chi connectivity index (χ0v) is 11.8. The van der Waals surface area contributed by atoms with Gasteiger partial charge in [0.15, 0.2) is 0 Å². The Kier molecular flexibility index (Phi) is 5.07. The number of aromatic nitrogens is 2. The summed E-state index contributed by atoms with van der Waals surface area (Å²) in [6.45, 7) is 6.70. The van der Waals surface area contributed by atoms with Gasteiger partial charge in [0.1, 0.15) is 0 Å². The highest BCUT2D eigenvalue weighted by atomic mass is 16.2. The van der Waals surface area contributed by atoms with Crippen LogP contribution >= 0.6 is 0 Å². The van der Waals surface area contributed by atoms with Crippen LogP contribution in [0.25, 0.3) is 0 Å². The molecule has 18 heavy (non-hydrogen) atoms. The highest BCUT2D eigenvalue weighted by Gasteiger charge is 2.07. The molecular formula is C13H22N4O. The predicted molar refractivity (Wildman–Crippen MR) is 72.7 cm³/mol. The number of nitrogens with zero attached hydrogens (tertiary/aromatic N) is 3. The Morgan fingerprint density at radius 1 is 1.39 bits per heavy atom. The van der Waals surface area contributed by atoms with Gasteiger partial charge in [-0.2, -0.15) is 0 Å². The Bertz CT molecular complexity index is 415. The molecule has 1 amide bonds. The topological polar surface area (TPSA) is 58.1 Å². The van der Waals surface area contributed by atoms with Crippen molar-refractivity contribution in [2.24, 2.45) is 0 Å². The van der Waals surface area contributed by atoms with Crippen LogP contribution in [-0.4, -0.2) is 41.4 Å². The summed E-state index contributed by atoms with van der Waals surface area (Å²) >= 11 is 0. The molecule has 0 fully saturated rings. The van der Waals surface area contributed by atoms with E-state index in [-0.39, 0.29) is 5.91 Å². The molecule has 5 nitrogen and oxygen atoms in total. The van der Waals surface area contributed by atoms with Gasteiger partial charge in [-0.3, -0.25) is 4.79 Å². The van der Waals surface area contributed by atoms with E-state index in [2.05, 4.69) is 29.1 Å². The molecule has 5 heteroatoms. The Morgan fingerprint density at radius 3 is 2.61 bits per heavy atom. The van der Waals surface area contributed by atoms with Crippen LogP contribution in [0.15, 0.2) is 6.07 Å². The second-order valence-corrected chi connectivity index (χ2v) is 4.88. The van der Waals surface area contributed by atoms with Crippen LogP contribution in [0.3, 0.4) is 0 Å². The van der Waals surface area contributed by atoms with Crippen molar-refractivity contribution in [1.29, 1.82) is 0 Å². The van der Waals surface area contributed by atoms with Crippen molar-refractivity contribution >= 4 is 11.9 Å². The average Bonchev–Trinajstić information content (AvgIpc) is 2.27. The molecule has 0 spiro atoms. The van der Waals surface area contributed by atoms with Crippen molar-refractivity contribution in [1.82, 2.24) is 14.9 Å². The molecule has 0 bridgehead atoms. The molecule has 1 aromatic heterocycles. The van der Waals surface area contributed by atoms with Crippen LogP contribution in [0.1, 0.15) is 37.6 Å². The third kappa shape index (κ3) is 4.31. The highest BCUT2D eigenvalue weighted by molar-refractivity contribution is 5.75. The second kappa shape index (κ2) is 6.33. The lowest BCUT2D eigenvalue weighted by molar-refractivity contribution is -0.128. The van der Waals surface area contributed by atoms with Gasteiger partial charge in [0.05, 0.1) is 0 Å². The maximum atomic E-state index is 11.4. The minimum atomic E-state index is 0.0965. The number of carbonyl (C=O) groups is 1. The van der Waals surface area contributed by atoms with Crippen LogP contribution < -0.4 is 5.32 Å². The van der Waals surface area contributed by atoms with Crippen LogP contribution in [-0.2, 0) is 4.79 Å². The van der Waals surface area contributed by atoms with E-state index in [0.29, 0.717) is 24.8 Å². The van der Waals surface area contributed by atoms with Crippen molar-refractivity contribution in [2.45, 2.75) is 33.1 Å². The Labute approximate surface area is 109 Å². The van der Waals surface area contributed by atoms with Gasteiger partial charge in [-0.05, 0) is 18.9 Å². The Morgan fingerprint density at radius 2 is 2.06 bits per heavy atom. The lowest BCUT2D eigenvalue weighted by atomic mass is 10.1. The molecule has 1 rings (SSSR count). The summed E-state index contributed by atoms with van der Waals surface area (Å²) in [7, 11) is 3.50. The van der Waals surface area contributed by atoms with Gasteiger partial charge in [0.2, 0.25) is 11.9 Å². The number of nitrogens with one attached hydrogen (secondary N) is 1. The van der Waals surface area contributed by atoms with E-state index in [4.69, 9.17) is 0 Å². The zero-order valence-electron chi connectivity index (χ0n) is 11.8. The van der Waals surface area contributed by atoms with Gasteiger partial charge >= 0.3 is 0 Å². The lowest BCUT2D eigenvalue weighted by Gasteiger charge is -2.12. The van der Waals surface area contributed by atoms with Crippen molar-refractivity contribution < 1.29 is 4.79 Å². The van der Waals surface area contributed by atoms with Crippen molar-refractivity contribution in [3.63, 3.8) is 0 Å². The largest absolute Gasteiger partial charge is 0.354 e. The number of rotatable bonds is 5. The van der Waals surface area contributed by atoms with Crippen LogP contribution in [0.2, 0.25) is 0 Å². The van der Waals surface area contributed by atoms with E-state index in [1.807, 2.05) is 13.0 Å². The molecule has 1 N–H and O–H groups in total. The molecule has 0 atom stereocenters. The van der Waals surface area contributed by atoms with E-state index in [9.17, 15) is 4.79 Å². The van der Waals surface area contributed by atoms with Crippen LogP contribution in [0, 0.1) is 6.92 Å². The molecule has 1 aromatic rings. The standard InChI is InChI=1S/C13H22N4O/c1-9(2)11-8-10(3)15-13(16-11)14-7-6-12(18)17(4)5/h8-9H,6-7H2,1-5H3,(H,14,15,16). The number of carbonyl (C=O) groups excluding carboxylic acids is 1. The number of anilines is 1. The molecule has 0 aliphatic carbocycles. The van der Waals surface area contributed by atoms with Gasteiger partial charge < -0.3 is 10.2 Å². The average molecular weight is 250 g/mol. The first-order chi connectivity index (χ1) is 8.40. The summed E-state index contributed by atoms with van der Waals surface area (Å²) in [5, 5.41) is 3.10. The van der Waals surface area contributed by atoms with Crippen molar-refractivity contribution in [3.05, 3.63) is 17.5 Å². The quantitative estimate of drug-likeness (QED) is 0.865. The zero-order chi connectivity index (χ0) is 13.7. The number of amides is 1. The van der Waals surface area contributed by atoms with Crippen LogP contribution in [0.4, 0.5) is 5.95 Å². The molecule has 0 aromatic carbocycles. The maximum absolute atomic E-state index is 11.4. The van der Waals surface area contributed by atoms with E-state index in [0.717, 1.165) is 11.4 Å². The summed E-state index contributed by atoms with van der Waals surface area (Å²) in [4.78, 5) is 21.7. The van der Waals surface area contributed by atoms with E-state index < -0.39 is 0 Å². The number of aryl methyl sites for hydroxylation is 1. The van der Waals surface area contributed by atoms with Gasteiger partial charge in [0, 0.05) is 38.4 Å². The van der Waals surface area contributed by atoms with Crippen molar-refractivity contribution in [2.75, 3.05) is 26.0 Å². The highest BCUT2D eigenvalue weighted by Crippen LogP contribution is 2.14. The fourth-order valence-corrected chi connectivity index (χ4v) is 1.47. The first kappa shape index (κ1) is 14.4. The fourth-order valence-electron chi connectivity index (χ4n) is 1.47. The monoisotopic (exact) mass is 250 g/mol. The smallest absolute Gasteiger partial charge is 0.223 e. The Balaban J connectivity index is 2.60. The summed E-state index contributed by atoms with van der Waals surface area (Å²) in [6, 6.07) is 1.99. The molecule has 100 valence electrons. The van der Waals surface area contributed by atoms with Crippen molar-refractivity contribution in [3.8, 4) is 0 Å². The molecule has 1 heterocycles. The molecule has 0 saturated heterocycles. The third-order valence-electron chi connectivity index (χ3n) is 2.59. The summed E-state index contributed by atoms with van der Waals surface area (Å²) in [5.74, 6) is 1.07. The third-order valence-corrected chi connectivity index (χ3v) is 2.59. The summed E-state index contributed by atoms with van der Waals surface area (Å²) in [5.41, 5.74) is 1.96. The first-order valence-electron chi connectivity index (χ1n) is 6.19. The van der Waals surface area contributed by atoms with Gasteiger partial charge in [-0.15, -0.1) is 0 Å². The van der Waals surface area contributed by atoms with E-state index in [1.54, 1.807) is 19.0 Å². The minimum Gasteiger partial charge on any atom is -0.354 e. The second-order valence-electron chi connectivity index (χ2n) is 4.88. The molecule has 0 saturated carbocycles. The molecule has 0 radical (unpaired) electrons. The summed E-state index contributed by atoms with van der Waals surface area (Å²) in [6.07, 6.45) is 0.446. The van der Waals surface area contributed by atoms with Gasteiger partial charge in [-0.25, -0.2) is 9.97 Å². The molecule has 0 unspecified atom stereocenters. The number of hydrogen-bond acceptors (Lipinski definition) is 4. The SMILES string of the molecule is Cc1cc(C(C)C)nc(NCCC(=O)N(C)C)n1. The Hall–Kier alpha value is -1.65.